The summed E-state index contributed by atoms with van der Waals surface area (Å²) in [5, 5.41) is 10.7. The molecule has 5 nitrogen and oxygen atoms in total. The van der Waals surface area contributed by atoms with E-state index in [-0.39, 0.29) is 5.69 Å². The van der Waals surface area contributed by atoms with Crippen molar-refractivity contribution < 1.29 is 14.4 Å². The highest BCUT2D eigenvalue weighted by Gasteiger charge is 2.06. The van der Waals surface area contributed by atoms with E-state index in [1.165, 1.54) is 12.1 Å². The molecule has 0 aliphatic heterocycles. The molecule has 0 radical (unpaired) electrons. The Kier molecular flexibility index (Phi) is 5.84. The summed E-state index contributed by atoms with van der Waals surface area (Å²) in [6.45, 7) is 0.451. The molecular formula is C22H19NO4. The fourth-order valence-corrected chi connectivity index (χ4v) is 2.54. The monoisotopic (exact) mass is 361 g/mol. The number of nitro groups is 1. The standard InChI is InChI=1S/C22H19NO4/c1-26-21-14-11-18(8-7-17-9-12-20(13-10-17)23(24)25)15-22(21)27-16-19-5-3-2-4-6-19/h2-15H,16H2,1H3/b8-7+. The highest BCUT2D eigenvalue weighted by molar-refractivity contribution is 5.71. The Bertz CT molecular complexity index is 934. The van der Waals surface area contributed by atoms with Gasteiger partial charge in [-0.15, -0.1) is 0 Å². The van der Waals surface area contributed by atoms with Crippen LogP contribution in [0.3, 0.4) is 0 Å². The van der Waals surface area contributed by atoms with Gasteiger partial charge in [-0.05, 0) is 41.0 Å². The first-order chi connectivity index (χ1) is 13.2. The lowest BCUT2D eigenvalue weighted by atomic mass is 10.1. The maximum absolute atomic E-state index is 10.7. The number of ether oxygens (including phenoxy) is 2. The number of benzene rings is 3. The lowest BCUT2D eigenvalue weighted by Crippen LogP contribution is -1.97. The van der Waals surface area contributed by atoms with Gasteiger partial charge < -0.3 is 9.47 Å². The Morgan fingerprint density at radius 3 is 2.22 bits per heavy atom. The lowest BCUT2D eigenvalue weighted by Gasteiger charge is -2.11. The number of methoxy groups -OCH3 is 1. The second-order valence-corrected chi connectivity index (χ2v) is 5.87. The summed E-state index contributed by atoms with van der Waals surface area (Å²) in [5.74, 6) is 1.32. The minimum atomic E-state index is -0.409. The Labute approximate surface area is 157 Å². The maximum Gasteiger partial charge on any atom is 0.269 e. The van der Waals surface area contributed by atoms with Crippen molar-refractivity contribution in [2.75, 3.05) is 7.11 Å². The molecule has 0 saturated carbocycles. The van der Waals surface area contributed by atoms with Crippen LogP contribution in [0.4, 0.5) is 5.69 Å². The third-order valence-electron chi connectivity index (χ3n) is 4.00. The molecule has 0 saturated heterocycles. The molecule has 0 amide bonds. The van der Waals surface area contributed by atoms with Crippen molar-refractivity contribution in [2.45, 2.75) is 6.61 Å². The van der Waals surface area contributed by atoms with Crippen LogP contribution in [0.15, 0.2) is 72.8 Å². The van der Waals surface area contributed by atoms with Gasteiger partial charge in [-0.2, -0.15) is 0 Å². The molecule has 0 heterocycles. The van der Waals surface area contributed by atoms with Crippen molar-refractivity contribution >= 4 is 17.8 Å². The average Bonchev–Trinajstić information content (AvgIpc) is 2.71. The Balaban J connectivity index is 1.74. The van der Waals surface area contributed by atoms with Gasteiger partial charge in [0.1, 0.15) is 6.61 Å². The van der Waals surface area contributed by atoms with Crippen LogP contribution in [0, 0.1) is 10.1 Å². The van der Waals surface area contributed by atoms with E-state index in [1.54, 1.807) is 19.2 Å². The number of non-ortho nitro benzene ring substituents is 1. The number of nitrogens with zero attached hydrogens (tertiary/aromatic N) is 1. The van der Waals surface area contributed by atoms with Crippen LogP contribution in [-0.4, -0.2) is 12.0 Å². The van der Waals surface area contributed by atoms with Crippen molar-refractivity contribution in [3.8, 4) is 11.5 Å². The fourth-order valence-electron chi connectivity index (χ4n) is 2.54. The minimum absolute atomic E-state index is 0.0770. The molecule has 0 unspecified atom stereocenters. The van der Waals surface area contributed by atoms with Gasteiger partial charge in [0.25, 0.3) is 5.69 Å². The first kappa shape index (κ1) is 18.2. The summed E-state index contributed by atoms with van der Waals surface area (Å²) in [5.41, 5.74) is 2.97. The van der Waals surface area contributed by atoms with Crippen molar-refractivity contribution in [2.24, 2.45) is 0 Å². The molecule has 0 aliphatic carbocycles. The van der Waals surface area contributed by atoms with Crippen LogP contribution in [0.25, 0.3) is 12.2 Å². The van der Waals surface area contributed by atoms with Crippen LogP contribution in [-0.2, 0) is 6.61 Å². The smallest absolute Gasteiger partial charge is 0.269 e. The summed E-state index contributed by atoms with van der Waals surface area (Å²) in [4.78, 5) is 10.3. The van der Waals surface area contributed by atoms with Crippen LogP contribution in [0.1, 0.15) is 16.7 Å². The Morgan fingerprint density at radius 1 is 0.889 bits per heavy atom. The predicted octanol–water partition coefficient (Wildman–Crippen LogP) is 5.35. The van der Waals surface area contributed by atoms with E-state index >= 15 is 0 Å². The molecule has 3 aromatic rings. The maximum atomic E-state index is 10.7. The summed E-state index contributed by atoms with van der Waals surface area (Å²) in [6, 6.07) is 22.0. The quantitative estimate of drug-likeness (QED) is 0.323. The first-order valence-corrected chi connectivity index (χ1v) is 8.43. The first-order valence-electron chi connectivity index (χ1n) is 8.43. The third kappa shape index (κ3) is 4.95. The van der Waals surface area contributed by atoms with Gasteiger partial charge >= 0.3 is 0 Å². The number of hydrogen-bond acceptors (Lipinski definition) is 4. The molecule has 0 atom stereocenters. The molecule has 27 heavy (non-hydrogen) atoms. The molecular weight excluding hydrogens is 342 g/mol. The molecule has 136 valence electrons. The van der Waals surface area contributed by atoms with Gasteiger partial charge in [0.15, 0.2) is 11.5 Å². The average molecular weight is 361 g/mol. The van der Waals surface area contributed by atoms with E-state index < -0.39 is 4.92 Å². The molecule has 5 heteroatoms. The highest BCUT2D eigenvalue weighted by Crippen LogP contribution is 2.29. The molecule has 0 N–H and O–H groups in total. The van der Waals surface area contributed by atoms with E-state index in [1.807, 2.05) is 60.7 Å². The number of hydrogen-bond donors (Lipinski definition) is 0. The predicted molar refractivity (Wildman–Crippen MR) is 106 cm³/mol. The van der Waals surface area contributed by atoms with Crippen molar-refractivity contribution in [1.82, 2.24) is 0 Å². The highest BCUT2D eigenvalue weighted by atomic mass is 16.6. The molecule has 0 aliphatic rings. The molecule has 3 aromatic carbocycles. The van der Waals surface area contributed by atoms with E-state index in [0.29, 0.717) is 18.1 Å². The fraction of sp³-hybridized carbons (Fsp3) is 0.0909. The van der Waals surface area contributed by atoms with E-state index in [0.717, 1.165) is 16.7 Å². The second-order valence-electron chi connectivity index (χ2n) is 5.87. The number of rotatable bonds is 7. The summed E-state index contributed by atoms with van der Waals surface area (Å²) in [6.07, 6.45) is 3.82. The van der Waals surface area contributed by atoms with Crippen molar-refractivity contribution in [1.29, 1.82) is 0 Å². The van der Waals surface area contributed by atoms with Crippen LogP contribution >= 0.6 is 0 Å². The van der Waals surface area contributed by atoms with Gasteiger partial charge in [-0.1, -0.05) is 48.6 Å². The Morgan fingerprint density at radius 2 is 1.56 bits per heavy atom. The van der Waals surface area contributed by atoms with Gasteiger partial charge in [-0.25, -0.2) is 0 Å². The molecule has 3 rings (SSSR count). The van der Waals surface area contributed by atoms with E-state index in [4.69, 9.17) is 9.47 Å². The van der Waals surface area contributed by atoms with Gasteiger partial charge in [-0.3, -0.25) is 10.1 Å². The summed E-state index contributed by atoms with van der Waals surface area (Å²) < 4.78 is 11.3. The molecule has 0 spiro atoms. The summed E-state index contributed by atoms with van der Waals surface area (Å²) >= 11 is 0. The summed E-state index contributed by atoms with van der Waals surface area (Å²) in [7, 11) is 1.61. The van der Waals surface area contributed by atoms with Gasteiger partial charge in [0, 0.05) is 12.1 Å². The molecule has 0 bridgehead atoms. The minimum Gasteiger partial charge on any atom is -0.493 e. The zero-order valence-electron chi connectivity index (χ0n) is 14.9. The van der Waals surface area contributed by atoms with Crippen LogP contribution in [0.5, 0.6) is 11.5 Å². The largest absolute Gasteiger partial charge is 0.493 e. The SMILES string of the molecule is COc1ccc(/C=C/c2ccc([N+](=O)[O-])cc2)cc1OCc1ccccc1. The topological polar surface area (TPSA) is 61.6 Å². The number of nitro benzene ring substituents is 1. The second kappa shape index (κ2) is 8.67. The Hall–Kier alpha value is -3.60. The zero-order chi connectivity index (χ0) is 19.1. The van der Waals surface area contributed by atoms with E-state index in [2.05, 4.69) is 0 Å². The molecule has 0 aromatic heterocycles. The third-order valence-corrected chi connectivity index (χ3v) is 4.00. The molecule has 0 fully saturated rings. The van der Waals surface area contributed by atoms with E-state index in [9.17, 15) is 10.1 Å². The zero-order valence-corrected chi connectivity index (χ0v) is 14.9. The van der Waals surface area contributed by atoms with Gasteiger partial charge in [0.05, 0.1) is 12.0 Å². The normalized spacial score (nSPS) is 10.7. The van der Waals surface area contributed by atoms with Crippen molar-refractivity contribution in [3.05, 3.63) is 99.6 Å². The van der Waals surface area contributed by atoms with Crippen LogP contribution < -0.4 is 9.47 Å². The van der Waals surface area contributed by atoms with Gasteiger partial charge in [0.2, 0.25) is 0 Å². The van der Waals surface area contributed by atoms with Crippen molar-refractivity contribution in [3.63, 3.8) is 0 Å². The van der Waals surface area contributed by atoms with Crippen LogP contribution in [0.2, 0.25) is 0 Å². The lowest BCUT2D eigenvalue weighted by molar-refractivity contribution is -0.384.